The van der Waals surface area contributed by atoms with Crippen LogP contribution in [0.3, 0.4) is 0 Å². The van der Waals surface area contributed by atoms with Gasteiger partial charge in [-0.15, -0.1) is 0 Å². The lowest BCUT2D eigenvalue weighted by atomic mass is 9.93. The van der Waals surface area contributed by atoms with Crippen LogP contribution < -0.4 is 5.73 Å². The monoisotopic (exact) mass is 212 g/mol. The molecule has 1 rings (SSSR count). The Kier molecular flexibility index (Phi) is 6.26. The molecular formula is C13H28N2. The maximum Gasteiger partial charge on any atom is 0.0108 e. The molecule has 1 unspecified atom stereocenters. The van der Waals surface area contributed by atoms with E-state index in [4.69, 9.17) is 5.73 Å². The fourth-order valence-electron chi connectivity index (χ4n) is 2.56. The van der Waals surface area contributed by atoms with E-state index in [1.165, 1.54) is 45.1 Å². The molecule has 1 fully saturated rings. The number of nitrogens with two attached hydrogens (primary N) is 1. The smallest absolute Gasteiger partial charge is 0.0108 e. The highest BCUT2D eigenvalue weighted by Crippen LogP contribution is 2.23. The van der Waals surface area contributed by atoms with Crippen molar-refractivity contribution in [2.24, 2.45) is 11.7 Å². The first-order chi connectivity index (χ1) is 7.27. The Morgan fingerprint density at radius 1 is 1.27 bits per heavy atom. The normalized spacial score (nSPS) is 20.8. The Morgan fingerprint density at radius 2 is 1.93 bits per heavy atom. The van der Waals surface area contributed by atoms with Crippen LogP contribution in [0.5, 0.6) is 0 Å². The summed E-state index contributed by atoms with van der Waals surface area (Å²) in [5.41, 5.74) is 5.71. The Balaban J connectivity index is 2.39. The highest BCUT2D eigenvalue weighted by molar-refractivity contribution is 4.77. The Bertz CT molecular complexity index is 153. The molecule has 0 bridgehead atoms. The molecule has 0 aliphatic heterocycles. The molecule has 0 spiro atoms. The first-order valence-corrected chi connectivity index (χ1v) is 6.72. The molecule has 0 radical (unpaired) electrons. The predicted octanol–water partition coefficient (Wildman–Crippen LogP) is 2.63. The fraction of sp³-hybridized carbons (Fsp3) is 1.00. The first kappa shape index (κ1) is 13.0. The predicted molar refractivity (Wildman–Crippen MR) is 67.0 cm³/mol. The van der Waals surface area contributed by atoms with Gasteiger partial charge in [0.2, 0.25) is 0 Å². The molecule has 1 aliphatic carbocycles. The zero-order valence-electron chi connectivity index (χ0n) is 10.5. The zero-order chi connectivity index (χ0) is 11.1. The minimum Gasteiger partial charge on any atom is -0.329 e. The van der Waals surface area contributed by atoms with Gasteiger partial charge in [-0.25, -0.2) is 0 Å². The second-order valence-corrected chi connectivity index (χ2v) is 5.09. The second-order valence-electron chi connectivity index (χ2n) is 5.09. The minimum absolute atomic E-state index is 0.812. The van der Waals surface area contributed by atoms with E-state index < -0.39 is 0 Å². The van der Waals surface area contributed by atoms with Crippen LogP contribution in [0.25, 0.3) is 0 Å². The van der Waals surface area contributed by atoms with Crippen molar-refractivity contribution in [3.8, 4) is 0 Å². The van der Waals surface area contributed by atoms with E-state index in [1.807, 2.05) is 0 Å². The molecule has 1 saturated carbocycles. The Morgan fingerprint density at radius 3 is 2.47 bits per heavy atom. The van der Waals surface area contributed by atoms with Crippen molar-refractivity contribution in [1.82, 2.24) is 4.90 Å². The van der Waals surface area contributed by atoms with Crippen LogP contribution in [-0.4, -0.2) is 30.6 Å². The molecule has 0 aromatic carbocycles. The summed E-state index contributed by atoms with van der Waals surface area (Å²) in [6.45, 7) is 7.79. The highest BCUT2D eigenvalue weighted by Gasteiger charge is 2.21. The molecule has 0 heterocycles. The summed E-state index contributed by atoms with van der Waals surface area (Å²) in [6, 6.07) is 0.830. The van der Waals surface area contributed by atoms with Crippen molar-refractivity contribution < 1.29 is 0 Å². The summed E-state index contributed by atoms with van der Waals surface area (Å²) in [5.74, 6) is 0.818. The summed E-state index contributed by atoms with van der Waals surface area (Å²) < 4.78 is 0. The molecular weight excluding hydrogens is 184 g/mol. The van der Waals surface area contributed by atoms with Crippen LogP contribution in [0.2, 0.25) is 0 Å². The highest BCUT2D eigenvalue weighted by atomic mass is 15.2. The van der Waals surface area contributed by atoms with Crippen molar-refractivity contribution in [1.29, 1.82) is 0 Å². The van der Waals surface area contributed by atoms with Gasteiger partial charge in [-0.1, -0.05) is 39.5 Å². The lowest BCUT2D eigenvalue weighted by Crippen LogP contribution is -2.42. The van der Waals surface area contributed by atoms with Gasteiger partial charge < -0.3 is 5.73 Å². The maximum absolute atomic E-state index is 5.71. The van der Waals surface area contributed by atoms with E-state index in [9.17, 15) is 0 Å². The molecule has 0 aromatic heterocycles. The van der Waals surface area contributed by atoms with E-state index in [0.29, 0.717) is 0 Å². The van der Waals surface area contributed by atoms with Crippen molar-refractivity contribution in [2.45, 2.75) is 58.4 Å². The van der Waals surface area contributed by atoms with Gasteiger partial charge in [-0.05, 0) is 18.8 Å². The molecule has 2 heteroatoms. The quantitative estimate of drug-likeness (QED) is 0.733. The summed E-state index contributed by atoms with van der Waals surface area (Å²) in [6.07, 6.45) is 8.37. The van der Waals surface area contributed by atoms with E-state index in [1.54, 1.807) is 0 Å². The number of hydrogen-bond acceptors (Lipinski definition) is 2. The minimum atomic E-state index is 0.812. The average Bonchev–Trinajstić information content (AvgIpc) is 2.29. The van der Waals surface area contributed by atoms with E-state index in [0.717, 1.165) is 25.0 Å². The summed E-state index contributed by atoms with van der Waals surface area (Å²) in [7, 11) is 0. The van der Waals surface area contributed by atoms with Crippen LogP contribution in [0.1, 0.15) is 52.4 Å². The van der Waals surface area contributed by atoms with Gasteiger partial charge in [0.1, 0.15) is 0 Å². The molecule has 2 N–H and O–H groups in total. The molecule has 90 valence electrons. The SMILES string of the molecule is CCC(C)CN(CCN)C1CCCCC1. The number of rotatable bonds is 6. The van der Waals surface area contributed by atoms with Gasteiger partial charge in [0, 0.05) is 25.7 Å². The third-order valence-corrected chi connectivity index (χ3v) is 3.75. The van der Waals surface area contributed by atoms with Gasteiger partial charge in [0.05, 0.1) is 0 Å². The van der Waals surface area contributed by atoms with Crippen LogP contribution in [0.15, 0.2) is 0 Å². The second kappa shape index (κ2) is 7.24. The van der Waals surface area contributed by atoms with Crippen molar-refractivity contribution in [2.75, 3.05) is 19.6 Å². The van der Waals surface area contributed by atoms with Crippen molar-refractivity contribution >= 4 is 0 Å². The molecule has 15 heavy (non-hydrogen) atoms. The van der Waals surface area contributed by atoms with Gasteiger partial charge in [0.15, 0.2) is 0 Å². The molecule has 0 aromatic rings. The molecule has 0 saturated heterocycles. The van der Waals surface area contributed by atoms with E-state index in [-0.39, 0.29) is 0 Å². The Hall–Kier alpha value is -0.0800. The van der Waals surface area contributed by atoms with Crippen LogP contribution in [0.4, 0.5) is 0 Å². The zero-order valence-corrected chi connectivity index (χ0v) is 10.5. The fourth-order valence-corrected chi connectivity index (χ4v) is 2.56. The van der Waals surface area contributed by atoms with Gasteiger partial charge in [0.25, 0.3) is 0 Å². The first-order valence-electron chi connectivity index (χ1n) is 6.72. The third-order valence-electron chi connectivity index (χ3n) is 3.75. The largest absolute Gasteiger partial charge is 0.329 e. The van der Waals surface area contributed by atoms with E-state index in [2.05, 4.69) is 18.7 Å². The van der Waals surface area contributed by atoms with Crippen molar-refractivity contribution in [3.63, 3.8) is 0 Å². The molecule has 2 nitrogen and oxygen atoms in total. The topological polar surface area (TPSA) is 29.3 Å². The van der Waals surface area contributed by atoms with E-state index >= 15 is 0 Å². The summed E-state index contributed by atoms with van der Waals surface area (Å²) >= 11 is 0. The third kappa shape index (κ3) is 4.52. The number of hydrogen-bond donors (Lipinski definition) is 1. The van der Waals surface area contributed by atoms with Gasteiger partial charge in [-0.2, -0.15) is 0 Å². The lowest BCUT2D eigenvalue weighted by molar-refractivity contribution is 0.139. The standard InChI is InChI=1S/C13H28N2/c1-3-12(2)11-15(10-9-14)13-7-5-4-6-8-13/h12-13H,3-11,14H2,1-2H3. The van der Waals surface area contributed by atoms with Crippen LogP contribution >= 0.6 is 0 Å². The van der Waals surface area contributed by atoms with Gasteiger partial charge >= 0.3 is 0 Å². The lowest BCUT2D eigenvalue weighted by Gasteiger charge is -2.35. The maximum atomic E-state index is 5.71. The van der Waals surface area contributed by atoms with Crippen LogP contribution in [-0.2, 0) is 0 Å². The number of nitrogens with zero attached hydrogens (tertiary/aromatic N) is 1. The van der Waals surface area contributed by atoms with Crippen molar-refractivity contribution in [3.05, 3.63) is 0 Å². The summed E-state index contributed by atoms with van der Waals surface area (Å²) in [5, 5.41) is 0. The average molecular weight is 212 g/mol. The van der Waals surface area contributed by atoms with Gasteiger partial charge in [-0.3, -0.25) is 4.90 Å². The molecule has 1 aliphatic rings. The summed E-state index contributed by atoms with van der Waals surface area (Å²) in [4.78, 5) is 2.65. The Labute approximate surface area is 95.2 Å². The molecule has 0 amide bonds. The molecule has 1 atom stereocenters. The van der Waals surface area contributed by atoms with Crippen LogP contribution in [0, 0.1) is 5.92 Å².